The van der Waals surface area contributed by atoms with Crippen LogP contribution >= 0.6 is 12.4 Å². The first-order chi connectivity index (χ1) is 10.1. The maximum absolute atomic E-state index is 11.9. The van der Waals surface area contributed by atoms with Gasteiger partial charge >= 0.3 is 17.1 Å². The van der Waals surface area contributed by atoms with E-state index < -0.39 is 10.4 Å². The number of hydrogen-bond donors (Lipinski definition) is 1. The summed E-state index contributed by atoms with van der Waals surface area (Å²) in [6, 6.07) is 6.03. The molecule has 24 heavy (non-hydrogen) atoms. The maximum Gasteiger partial charge on any atom is 2.00 e. The third-order valence-electron chi connectivity index (χ3n) is 3.01. The molecule has 0 aliphatic heterocycles. The average molecular weight is 430 g/mol. The molecule has 0 saturated heterocycles. The molecule has 0 fully saturated rings. The van der Waals surface area contributed by atoms with Gasteiger partial charge in [-0.25, -0.2) is 0 Å². The van der Waals surface area contributed by atoms with Gasteiger partial charge in [0.15, 0.2) is 0 Å². The topological polar surface area (TPSA) is 113 Å². The van der Waals surface area contributed by atoms with E-state index in [1.165, 1.54) is 0 Å². The summed E-state index contributed by atoms with van der Waals surface area (Å²) in [5.74, 6) is 0.0612. The minimum Gasteiger partial charge on any atom is -0.759 e. The summed E-state index contributed by atoms with van der Waals surface area (Å²) in [7, 11) is -5.17. The largest absolute Gasteiger partial charge is 2.00 e. The van der Waals surface area contributed by atoms with Crippen molar-refractivity contribution in [3.63, 3.8) is 0 Å². The molecule has 0 spiro atoms. The Bertz CT molecular complexity index is 567. The van der Waals surface area contributed by atoms with Crippen molar-refractivity contribution in [3.8, 4) is 0 Å². The molecule has 1 rings (SSSR count). The van der Waals surface area contributed by atoms with Crippen LogP contribution in [0.3, 0.4) is 0 Å². The fraction of sp³-hybridized carbons (Fsp3) is 0.500. The van der Waals surface area contributed by atoms with Crippen molar-refractivity contribution >= 4 is 34.4 Å². The molecule has 1 aromatic rings. The van der Waals surface area contributed by atoms with Crippen molar-refractivity contribution < 1.29 is 39.4 Å². The molecule has 0 aliphatic carbocycles. The first-order valence-electron chi connectivity index (χ1n) is 6.83. The Morgan fingerprint density at radius 2 is 1.50 bits per heavy atom. The minimum absolute atomic E-state index is 0. The van der Waals surface area contributed by atoms with Crippen molar-refractivity contribution in [2.24, 2.45) is 0 Å². The summed E-state index contributed by atoms with van der Waals surface area (Å²) in [6.45, 7) is 10.4. The summed E-state index contributed by atoms with van der Waals surface area (Å²) in [5.41, 5.74) is 3.17. The van der Waals surface area contributed by atoms with Crippen LogP contribution in [0.15, 0.2) is 18.2 Å². The van der Waals surface area contributed by atoms with Gasteiger partial charge in [-0.1, -0.05) is 32.0 Å². The first kappa shape index (κ1) is 28.1. The molecule has 0 atom stereocenters. The Labute approximate surface area is 160 Å². The fourth-order valence-electron chi connectivity index (χ4n) is 1.84. The van der Waals surface area contributed by atoms with Crippen molar-refractivity contribution in [1.29, 1.82) is 0 Å². The molecular weight excluding hydrogens is 407 g/mol. The second kappa shape index (κ2) is 13.6. The van der Waals surface area contributed by atoms with Gasteiger partial charge in [0.05, 0.1) is 6.54 Å². The smallest absolute Gasteiger partial charge is 0.759 e. The van der Waals surface area contributed by atoms with Gasteiger partial charge in [0, 0.05) is 16.1 Å². The summed E-state index contributed by atoms with van der Waals surface area (Å²) in [4.78, 5) is 14.0. The van der Waals surface area contributed by atoms with Crippen LogP contribution in [-0.4, -0.2) is 48.0 Å². The molecule has 0 aliphatic rings. The number of carbonyl (C=O) groups excluding carboxylic acids is 1. The zero-order valence-electron chi connectivity index (χ0n) is 14.0. The van der Waals surface area contributed by atoms with Crippen LogP contribution in [0.25, 0.3) is 0 Å². The molecule has 1 N–H and O–H groups in total. The standard InChI is InChI=1S/C14H22N2O.ClH.Cu.H2O4S/c1-5-16(6-2)10-13(17)15-14-11(3)8-7-9-12(14)4;;;1-5(2,3)4/h7-9H,5-6,10H2,1-4H3,(H,15,17);1H;;(H2,1,2,3,4)/q;;+2;/p-2. The van der Waals surface area contributed by atoms with E-state index in [9.17, 15) is 4.79 Å². The van der Waals surface area contributed by atoms with Crippen molar-refractivity contribution in [2.45, 2.75) is 27.7 Å². The average Bonchev–Trinajstić information content (AvgIpc) is 2.38. The molecule has 7 nitrogen and oxygen atoms in total. The van der Waals surface area contributed by atoms with Gasteiger partial charge in [0.25, 0.3) is 0 Å². The molecule has 1 aromatic carbocycles. The number of likely N-dealkylation sites (N-methyl/N-ethyl adjacent to an activating group) is 1. The minimum atomic E-state index is -5.17. The fourth-order valence-corrected chi connectivity index (χ4v) is 1.84. The van der Waals surface area contributed by atoms with E-state index in [-0.39, 0.29) is 35.4 Å². The molecule has 0 unspecified atom stereocenters. The van der Waals surface area contributed by atoms with E-state index in [0.29, 0.717) is 6.54 Å². The Hall–Kier alpha value is -0.671. The van der Waals surface area contributed by atoms with Crippen LogP contribution in [0.4, 0.5) is 5.69 Å². The Morgan fingerprint density at radius 3 is 1.83 bits per heavy atom. The Kier molecular flexibility index (Phi) is 16.0. The monoisotopic (exact) mass is 429 g/mol. The van der Waals surface area contributed by atoms with Crippen molar-refractivity contribution in [2.75, 3.05) is 25.0 Å². The third-order valence-corrected chi connectivity index (χ3v) is 3.01. The maximum atomic E-state index is 11.9. The van der Waals surface area contributed by atoms with Crippen LogP contribution in [0.5, 0.6) is 0 Å². The van der Waals surface area contributed by atoms with E-state index in [4.69, 9.17) is 17.5 Å². The SMILES string of the molecule is CCN(CC)CC(=O)Nc1c(C)cccc1C.Cl.O=S(=O)([O-])[O-].[Cu+2]. The van der Waals surface area contributed by atoms with Gasteiger partial charge in [0.2, 0.25) is 5.91 Å². The number of aryl methyl sites for hydroxylation is 2. The predicted molar refractivity (Wildman–Crippen MR) is 90.1 cm³/mol. The van der Waals surface area contributed by atoms with Gasteiger partial charge in [-0.2, -0.15) is 0 Å². The molecule has 0 saturated carbocycles. The molecule has 10 heteroatoms. The van der Waals surface area contributed by atoms with Crippen molar-refractivity contribution in [1.82, 2.24) is 4.90 Å². The number of benzene rings is 1. The molecule has 1 amide bonds. The summed E-state index contributed by atoms with van der Waals surface area (Å²) in [5, 5.41) is 3.00. The predicted octanol–water partition coefficient (Wildman–Crippen LogP) is 1.67. The molecule has 0 bridgehead atoms. The number of rotatable bonds is 5. The van der Waals surface area contributed by atoms with E-state index in [1.807, 2.05) is 32.0 Å². The van der Waals surface area contributed by atoms with Gasteiger partial charge in [0.1, 0.15) is 0 Å². The molecule has 143 valence electrons. The van der Waals surface area contributed by atoms with Crippen LogP contribution < -0.4 is 5.32 Å². The number of nitrogens with zero attached hydrogens (tertiary/aromatic N) is 1. The van der Waals surface area contributed by atoms with E-state index in [0.717, 1.165) is 29.9 Å². The molecule has 0 heterocycles. The number of hydrogen-bond acceptors (Lipinski definition) is 6. The zero-order chi connectivity index (χ0) is 17.3. The summed E-state index contributed by atoms with van der Waals surface area (Å²) in [6.07, 6.45) is 0. The Balaban J connectivity index is -0.000000554. The van der Waals surface area contributed by atoms with Gasteiger partial charge < -0.3 is 14.4 Å². The van der Waals surface area contributed by atoms with E-state index in [1.54, 1.807) is 0 Å². The zero-order valence-corrected chi connectivity index (χ0v) is 16.5. The molecule has 1 radical (unpaired) electrons. The molecular formula is C14H23ClCuN2O5S. The normalized spacial score (nSPS) is 9.96. The van der Waals surface area contributed by atoms with Crippen molar-refractivity contribution in [3.05, 3.63) is 29.3 Å². The quantitative estimate of drug-likeness (QED) is 0.432. The van der Waals surface area contributed by atoms with Crippen LogP contribution in [0.1, 0.15) is 25.0 Å². The third kappa shape index (κ3) is 13.7. The number of anilines is 1. The number of nitrogens with one attached hydrogen (secondary N) is 1. The van der Waals surface area contributed by atoms with Gasteiger partial charge in [-0.05, 0) is 38.1 Å². The number of para-hydroxylation sites is 1. The first-order valence-corrected chi connectivity index (χ1v) is 8.16. The van der Waals surface area contributed by atoms with Crippen LogP contribution in [-0.2, 0) is 32.3 Å². The number of halogens is 1. The van der Waals surface area contributed by atoms with Gasteiger partial charge in [-0.3, -0.25) is 18.1 Å². The van der Waals surface area contributed by atoms with Gasteiger partial charge in [-0.15, -0.1) is 12.4 Å². The second-order valence-corrected chi connectivity index (χ2v) is 5.50. The van der Waals surface area contributed by atoms with Crippen LogP contribution in [0, 0.1) is 13.8 Å². The second-order valence-electron chi connectivity index (χ2n) is 4.68. The Morgan fingerprint density at radius 1 is 1.12 bits per heavy atom. The molecule has 0 aromatic heterocycles. The van der Waals surface area contributed by atoms with E-state index in [2.05, 4.69) is 24.1 Å². The summed E-state index contributed by atoms with van der Waals surface area (Å²) >= 11 is 0. The summed E-state index contributed by atoms with van der Waals surface area (Å²) < 4.78 is 34.1. The van der Waals surface area contributed by atoms with Crippen LogP contribution in [0.2, 0.25) is 0 Å². The van der Waals surface area contributed by atoms with E-state index >= 15 is 0 Å². The number of amides is 1. The number of carbonyl (C=O) groups is 1.